The number of carbonyl (C=O) groups excluding carboxylic acids is 7. The number of carbonyl (C=O) groups is 7. The zero-order chi connectivity index (χ0) is 110. The zero-order valence-corrected chi connectivity index (χ0v) is 102. The van der Waals surface area contributed by atoms with Gasteiger partial charge in [-0.05, 0) is 411 Å². The minimum absolute atomic E-state index is 0. The number of hydrogen-bond acceptors (Lipinski definition) is 25. The van der Waals surface area contributed by atoms with Gasteiger partial charge in [-0.1, -0.05) is 85.3 Å². The van der Waals surface area contributed by atoms with E-state index in [1.807, 2.05) is 153 Å². The molecule has 0 bridgehead atoms. The van der Waals surface area contributed by atoms with Gasteiger partial charge in [0.15, 0.2) is 0 Å². The summed E-state index contributed by atoms with van der Waals surface area (Å²) in [6, 6.07) is 44.6. The summed E-state index contributed by atoms with van der Waals surface area (Å²) in [7, 11) is 0. The van der Waals surface area contributed by atoms with Crippen LogP contribution in [0.15, 0.2) is 146 Å². The second-order valence-electron chi connectivity index (χ2n) is 34.9. The van der Waals surface area contributed by atoms with Crippen LogP contribution >= 0.6 is 102 Å². The number of halogens is 14. The molecule has 9 rings (SSSR count). The SMILES string of the molecule is C#CC1(O)CCCCC1.CCOC(=O)C(F)(F)F.CCOC(C)=O.C[C@@H](CCC(=O)C(F)(F)F)Oc1cccc(C#CC2(O)CCCCC2)c1.C[C@@H](CCC(=O)C(F)(F)F)Oc1cccc(I)c1.C[C@@H](CCC(=O)OC(C)(C)C)Oc1cccc(I)c1.C[C@@H](CN)Oc1cccc(C#CC2(O)CCCCC2)c1.C[C@@H](CNCl)Oc1cccc(I)c1.C[C@@H](O)CCC(=O)OC(C)(C)C.O=CO[O-].Oc1cccc(I)c1.[H-].[K+].[K+]. The smallest absolute Gasteiger partial charge is 1.00 e. The fraction of sp³-hybridized carbons (Fsp3) is 0.533. The van der Waals surface area contributed by atoms with Crippen LogP contribution in [0.1, 0.15) is 264 Å². The van der Waals surface area contributed by atoms with Gasteiger partial charge >= 0.3 is 145 Å². The van der Waals surface area contributed by atoms with E-state index in [9.17, 15) is 83.6 Å². The number of ether oxygens (including phenoxy) is 9. The molecule has 3 saturated carbocycles. The first-order chi connectivity index (χ1) is 67.1. The number of esters is 4. The van der Waals surface area contributed by atoms with Crippen LogP contribution in [0, 0.1) is 50.3 Å². The molecule has 3 aliphatic rings. The molecule has 3 fully saturated rings. The Hall–Kier alpha value is -4.94. The normalized spacial score (nSPS) is 14.5. The molecule has 3 aliphatic carbocycles. The number of aliphatic hydroxyl groups excluding tert-OH is 1. The average molecular weight is 2590 g/mol. The van der Waals surface area contributed by atoms with Crippen molar-refractivity contribution in [3.8, 4) is 70.5 Å². The largest absolute Gasteiger partial charge is 1.00 e. The van der Waals surface area contributed by atoms with Crippen LogP contribution < -0.4 is 142 Å². The van der Waals surface area contributed by atoms with E-state index in [4.69, 9.17) is 77.4 Å². The summed E-state index contributed by atoms with van der Waals surface area (Å²) in [5.74, 6) is 12.1. The summed E-state index contributed by atoms with van der Waals surface area (Å²) < 4.78 is 157. The zero-order valence-electron chi connectivity index (χ0n) is 87.0. The Labute approximate surface area is 1000 Å². The van der Waals surface area contributed by atoms with Crippen molar-refractivity contribution in [3.63, 3.8) is 0 Å². The maximum absolute atomic E-state index is 12.2. The minimum Gasteiger partial charge on any atom is -1.00 e. The van der Waals surface area contributed by atoms with Crippen molar-refractivity contribution < 1.29 is 256 Å². The third-order valence-electron chi connectivity index (χ3n) is 18.9. The number of ketones is 2. The molecule has 6 aromatic rings. The first-order valence-corrected chi connectivity index (χ1v) is 51.2. The van der Waals surface area contributed by atoms with Crippen molar-refractivity contribution >= 4 is 144 Å². The summed E-state index contributed by atoms with van der Waals surface area (Å²) in [6.07, 6.45) is 4.28. The molecule has 146 heavy (non-hydrogen) atoms. The quantitative estimate of drug-likeness (QED) is 0.00229. The Morgan fingerprint density at radius 2 is 0.781 bits per heavy atom. The van der Waals surface area contributed by atoms with Gasteiger partial charge in [0.05, 0.1) is 37.6 Å². The van der Waals surface area contributed by atoms with E-state index in [2.05, 4.69) is 139 Å². The number of benzene rings is 6. The molecule has 808 valence electrons. The standard InChI is InChI=1S/C20H23F3O3.C17H23NO2.C15H21IO3.C12H12F3IO2.C9H11ClINO.C9H18O3.C8H12O.C6H5IO.C4H5F3O2.C4H8O2.CH2O3.2K.H/c1-15(8-9-18(24)20(21,22)23)26-17-7-5-6-16(14-17)10-13-19(25)11-3-2-4-12-19;1-14(13-18)20-16-7-5-6-15(12-16)8-11-17(19)9-3-2-4-10-17;1-11(8-9-14(17)19-15(2,3)4)18-13-7-5-6-12(16)10-13;1-8(5-6-11(17)12(13,14)15)18-10-4-2-3-9(16)7-10;1-7(6-12-10)13-9-4-2-3-8(11)5-9;1-7(10)5-6-8(11)12-9(2,3)4;1-2-8(9)6-4-3-5-7-8;7-5-2-1-3-6(8)4-5;1-2-9-3(8)4(5,6)7;1-3-6-4(2)5;2-1-4-3;;;/h5-7,14-15,25H,2-4,8-9,11-12H2,1H3;5-7,12,14,19H,2-4,9-10,13,18H2,1H3;5-7,10-11H,8-9H2,1-4H3;2-4,7-8H,5-6H2,1H3;2-5,7,12H,6H2,1H3;7,10H,5-6H2,1-4H3;1,9H,3-7H2;1-4,8H;2H2,1H3;3H2,1-2H3;1,3H;;;/q;;;;;;;;;;;2*+1;-1/p-1/t15-;14-;11-;8-;2*7-;;;;;;;;/m000001......../s1. The Kier molecular flexibility index (Phi) is 81.5. The number of aliphatic hydroxyl groups is 4. The van der Waals surface area contributed by atoms with Gasteiger partial charge in [-0.25, -0.2) is 9.63 Å². The molecule has 0 saturated heterocycles. The summed E-state index contributed by atoms with van der Waals surface area (Å²) >= 11 is 14.1. The van der Waals surface area contributed by atoms with Gasteiger partial charge in [0.25, 0.3) is 6.47 Å². The van der Waals surface area contributed by atoms with E-state index < -0.39 is 95.2 Å². The molecule has 0 amide bonds. The number of aromatic hydroxyl groups is 1. The van der Waals surface area contributed by atoms with Gasteiger partial charge in [-0.3, -0.25) is 28.8 Å². The summed E-state index contributed by atoms with van der Waals surface area (Å²) in [4.78, 5) is 77.6. The van der Waals surface area contributed by atoms with Crippen molar-refractivity contribution in [2.24, 2.45) is 5.73 Å². The molecule has 0 spiro atoms. The maximum Gasteiger partial charge on any atom is 1.00 e. The fourth-order valence-corrected chi connectivity index (χ4v) is 14.2. The average Bonchev–Trinajstić information content (AvgIpc) is 0.855. The van der Waals surface area contributed by atoms with Crippen molar-refractivity contribution in [1.29, 1.82) is 0 Å². The third-order valence-corrected chi connectivity index (χ3v) is 21.7. The number of phenols is 1. The number of alkyl halides is 9. The molecule has 6 atom stereocenters. The Morgan fingerprint density at radius 3 is 1.03 bits per heavy atom. The van der Waals surface area contributed by atoms with Crippen LogP contribution in [0.25, 0.3) is 0 Å². The molecule has 0 radical (unpaired) electrons. The second-order valence-corrected chi connectivity index (χ2v) is 40.1. The van der Waals surface area contributed by atoms with Crippen LogP contribution in [0.5, 0.6) is 34.5 Å². The number of phenolic OH excluding ortho intramolecular Hbond substituents is 1. The molecule has 0 aromatic heterocycles. The minimum atomic E-state index is -4.85. The van der Waals surface area contributed by atoms with Crippen LogP contribution in [-0.2, 0) is 57.4 Å². The monoisotopic (exact) mass is 2590 g/mol. The van der Waals surface area contributed by atoms with Gasteiger partial charge in [0, 0.05) is 71.1 Å². The second kappa shape index (κ2) is 80.8. The van der Waals surface area contributed by atoms with Crippen molar-refractivity contribution in [3.05, 3.63) is 171 Å². The summed E-state index contributed by atoms with van der Waals surface area (Å²) in [6.45, 7) is 27.5. The van der Waals surface area contributed by atoms with Crippen molar-refractivity contribution in [1.82, 2.24) is 4.84 Å². The van der Waals surface area contributed by atoms with E-state index in [0.717, 1.165) is 104 Å². The predicted molar refractivity (Wildman–Crippen MR) is 567 cm³/mol. The van der Waals surface area contributed by atoms with Crippen LogP contribution in [0.4, 0.5) is 39.5 Å². The van der Waals surface area contributed by atoms with Gasteiger partial charge < -0.3 is 85.5 Å². The molecule has 0 heterocycles. The molecule has 6 aromatic carbocycles. The topological polar surface area (TPSA) is 374 Å². The number of nitrogens with one attached hydrogen (secondary N) is 1. The number of Topliss-reactive ketones (excluding diaryl/α,β-unsaturated/α-hetero) is 2. The van der Waals surface area contributed by atoms with Gasteiger partial charge in [-0.2, -0.15) is 39.5 Å². The molecule has 25 nitrogen and oxygen atoms in total. The molecule has 8 N–H and O–H groups in total. The number of rotatable bonds is 28. The van der Waals surface area contributed by atoms with Crippen molar-refractivity contribution in [2.75, 3.05) is 26.3 Å². The first-order valence-electron chi connectivity index (χ1n) is 46.5. The third kappa shape index (κ3) is 81.8. The first kappa shape index (κ1) is 147. The van der Waals surface area contributed by atoms with E-state index in [0.29, 0.717) is 74.6 Å². The Morgan fingerprint density at radius 1 is 0.479 bits per heavy atom. The van der Waals surface area contributed by atoms with Crippen molar-refractivity contribution in [2.45, 2.75) is 335 Å². The summed E-state index contributed by atoms with van der Waals surface area (Å²) in [5.41, 5.74) is 3.74. The number of nitrogens with two attached hydrogens (primary N) is 1. The predicted octanol–water partition coefficient (Wildman–Crippen LogP) is 16.9. The fourth-order valence-electron chi connectivity index (χ4n) is 11.9. The Balaban J connectivity index is -0.000000517. The van der Waals surface area contributed by atoms with Gasteiger partial charge in [-0.15, -0.1) is 6.42 Å². The van der Waals surface area contributed by atoms with Crippen LogP contribution in [0.3, 0.4) is 0 Å². The van der Waals surface area contributed by atoms with E-state index in [-0.39, 0.29) is 173 Å². The van der Waals surface area contributed by atoms with E-state index in [1.165, 1.54) is 30.3 Å². The summed E-state index contributed by atoms with van der Waals surface area (Å²) in [5, 5.41) is 56.3. The van der Waals surface area contributed by atoms with Gasteiger partial charge in [0.1, 0.15) is 74.7 Å². The van der Waals surface area contributed by atoms with Gasteiger partial charge in [0.2, 0.25) is 11.6 Å². The molecule has 41 heteroatoms. The molecular formula is C105H140ClF9I4K2N2O23. The Bertz CT molecular complexity index is 4850. The van der Waals surface area contributed by atoms with E-state index in [1.54, 1.807) is 82.3 Å². The van der Waals surface area contributed by atoms with Crippen LogP contribution in [-0.4, -0.2) is 177 Å². The molecule has 0 unspecified atom stereocenters. The maximum atomic E-state index is 12.2. The number of hydrogen-bond donors (Lipinski definition) is 7. The van der Waals surface area contributed by atoms with Crippen LogP contribution in [0.2, 0.25) is 0 Å². The molecule has 0 aliphatic heterocycles. The number of terminal acetylenes is 1. The molecular weight excluding hydrogens is 2450 g/mol. The van der Waals surface area contributed by atoms with E-state index >= 15 is 0 Å².